The summed E-state index contributed by atoms with van der Waals surface area (Å²) in [6.45, 7) is 0.0938. The molecule has 0 spiro atoms. The first-order valence-electron chi connectivity index (χ1n) is 6.81. The van der Waals surface area contributed by atoms with Crippen LogP contribution < -0.4 is 15.3 Å². The van der Waals surface area contributed by atoms with Crippen molar-refractivity contribution < 1.29 is 9.13 Å². The molecule has 0 N–H and O–H groups in total. The van der Waals surface area contributed by atoms with Crippen molar-refractivity contribution in [2.24, 2.45) is 0 Å². The first-order valence-corrected chi connectivity index (χ1v) is 7.58. The van der Waals surface area contributed by atoms with Crippen LogP contribution in [0.4, 0.5) is 4.39 Å². The normalized spacial score (nSPS) is 10.7. The zero-order chi connectivity index (χ0) is 16.4. The van der Waals surface area contributed by atoms with E-state index < -0.39 is 5.69 Å². The van der Waals surface area contributed by atoms with Gasteiger partial charge in [-0.15, -0.1) is 0 Å². The number of methoxy groups -OCH3 is 1. The Kier molecular flexibility index (Phi) is 4.12. The zero-order valence-electron chi connectivity index (χ0n) is 12.2. The van der Waals surface area contributed by atoms with Crippen LogP contribution in [-0.4, -0.2) is 15.6 Å². The number of nitrogens with zero attached hydrogens (tertiary/aromatic N) is 2. The summed E-state index contributed by atoms with van der Waals surface area (Å²) in [6.07, 6.45) is 0. The van der Waals surface area contributed by atoms with E-state index in [2.05, 4.69) is 0 Å². The van der Waals surface area contributed by atoms with Crippen molar-refractivity contribution in [1.82, 2.24) is 8.52 Å². The molecule has 0 bridgehead atoms. The van der Waals surface area contributed by atoms with Gasteiger partial charge < -0.3 is 4.74 Å². The molecule has 118 valence electrons. The van der Waals surface area contributed by atoms with E-state index in [-0.39, 0.29) is 17.2 Å². The minimum atomic E-state index is -0.450. The van der Waals surface area contributed by atoms with Gasteiger partial charge >= 0.3 is 10.6 Å². The molecule has 0 fully saturated rings. The minimum absolute atomic E-state index is 0.0938. The molecule has 0 aliphatic rings. The molecule has 0 radical (unpaired) electrons. The first-order chi connectivity index (χ1) is 11.1. The van der Waals surface area contributed by atoms with Crippen LogP contribution in [0.3, 0.4) is 0 Å². The molecular weight excluding hydrogens is 319 g/mol. The Morgan fingerprint density at radius 3 is 2.48 bits per heavy atom. The summed E-state index contributed by atoms with van der Waals surface area (Å²) in [4.78, 5) is 24.3. The average molecular weight is 332 g/mol. The quantitative estimate of drug-likeness (QED) is 0.736. The highest BCUT2D eigenvalue weighted by atomic mass is 32.1. The number of halogens is 1. The maximum absolute atomic E-state index is 12.9. The van der Waals surface area contributed by atoms with Gasteiger partial charge in [-0.05, 0) is 29.8 Å². The number of hydrogen-bond acceptors (Lipinski definition) is 4. The molecule has 1 aromatic heterocycles. The molecule has 0 amide bonds. The van der Waals surface area contributed by atoms with E-state index in [0.717, 1.165) is 16.1 Å². The zero-order valence-corrected chi connectivity index (χ0v) is 13.0. The highest BCUT2D eigenvalue weighted by molar-refractivity contribution is 7.03. The van der Waals surface area contributed by atoms with E-state index in [1.807, 2.05) is 0 Å². The predicted octanol–water partition coefficient (Wildman–Crippen LogP) is 2.26. The predicted molar refractivity (Wildman–Crippen MR) is 86.2 cm³/mol. The van der Waals surface area contributed by atoms with Crippen molar-refractivity contribution in [2.75, 3.05) is 7.11 Å². The van der Waals surface area contributed by atoms with Gasteiger partial charge in [0.1, 0.15) is 17.3 Å². The average Bonchev–Trinajstić information content (AvgIpc) is 2.85. The molecule has 0 saturated heterocycles. The maximum Gasteiger partial charge on any atom is 0.346 e. The lowest BCUT2D eigenvalue weighted by Crippen LogP contribution is -2.29. The van der Waals surface area contributed by atoms with Crippen LogP contribution in [0.25, 0.3) is 5.69 Å². The van der Waals surface area contributed by atoms with Crippen LogP contribution in [0, 0.1) is 5.82 Å². The van der Waals surface area contributed by atoms with Gasteiger partial charge in [0, 0.05) is 11.5 Å². The topological polar surface area (TPSA) is 53.2 Å². The van der Waals surface area contributed by atoms with Gasteiger partial charge in [0.15, 0.2) is 0 Å². The van der Waals surface area contributed by atoms with Gasteiger partial charge in [-0.25, -0.2) is 17.7 Å². The Labute approximate surface area is 135 Å². The third kappa shape index (κ3) is 2.95. The Bertz CT molecular complexity index is 941. The molecule has 0 saturated carbocycles. The van der Waals surface area contributed by atoms with Gasteiger partial charge in [-0.1, -0.05) is 24.3 Å². The van der Waals surface area contributed by atoms with Crippen molar-refractivity contribution >= 4 is 11.5 Å². The monoisotopic (exact) mass is 332 g/mol. The summed E-state index contributed by atoms with van der Waals surface area (Å²) in [7, 11) is 1.50. The fourth-order valence-corrected chi connectivity index (χ4v) is 3.03. The van der Waals surface area contributed by atoms with Crippen molar-refractivity contribution in [3.05, 3.63) is 80.1 Å². The minimum Gasteiger partial charge on any atom is -0.495 e. The number of para-hydroxylation sites is 2. The summed E-state index contributed by atoms with van der Waals surface area (Å²) < 4.78 is 20.6. The molecule has 2 aromatic carbocycles. The van der Waals surface area contributed by atoms with Gasteiger partial charge in [0.05, 0.1) is 13.7 Å². The number of benzene rings is 2. The van der Waals surface area contributed by atoms with E-state index >= 15 is 0 Å². The summed E-state index contributed by atoms with van der Waals surface area (Å²) in [6, 6.07) is 12.7. The molecule has 23 heavy (non-hydrogen) atoms. The summed E-state index contributed by atoms with van der Waals surface area (Å²) in [5, 5.41) is 0. The van der Waals surface area contributed by atoms with Gasteiger partial charge in [-0.2, -0.15) is 0 Å². The lowest BCUT2D eigenvalue weighted by molar-refractivity contribution is 0.413. The van der Waals surface area contributed by atoms with E-state index in [1.165, 1.54) is 23.2 Å². The number of aromatic nitrogens is 2. The molecule has 3 rings (SSSR count). The number of rotatable bonds is 4. The summed E-state index contributed by atoms with van der Waals surface area (Å²) in [5.74, 6) is 0.141. The van der Waals surface area contributed by atoms with Crippen molar-refractivity contribution in [3.8, 4) is 11.4 Å². The third-order valence-corrected chi connectivity index (χ3v) is 4.26. The van der Waals surface area contributed by atoms with Crippen LogP contribution in [-0.2, 0) is 6.54 Å². The van der Waals surface area contributed by atoms with Crippen molar-refractivity contribution in [2.45, 2.75) is 6.54 Å². The molecule has 3 aromatic rings. The van der Waals surface area contributed by atoms with Crippen LogP contribution >= 0.6 is 11.5 Å². The van der Waals surface area contributed by atoms with E-state index in [4.69, 9.17) is 4.74 Å². The molecule has 0 unspecified atom stereocenters. The van der Waals surface area contributed by atoms with E-state index in [1.54, 1.807) is 36.4 Å². The van der Waals surface area contributed by atoms with Gasteiger partial charge in [0.25, 0.3) is 0 Å². The fourth-order valence-electron chi connectivity index (χ4n) is 2.21. The molecule has 5 nitrogen and oxygen atoms in total. The van der Waals surface area contributed by atoms with Crippen LogP contribution in [0.15, 0.2) is 58.1 Å². The van der Waals surface area contributed by atoms with Crippen LogP contribution in [0.1, 0.15) is 5.56 Å². The molecule has 7 heteroatoms. The van der Waals surface area contributed by atoms with E-state index in [0.29, 0.717) is 17.0 Å². The Morgan fingerprint density at radius 1 is 1.09 bits per heavy atom. The highest BCUT2D eigenvalue weighted by Gasteiger charge is 2.15. The van der Waals surface area contributed by atoms with Gasteiger partial charge in [-0.3, -0.25) is 4.79 Å². The Morgan fingerprint density at radius 2 is 1.78 bits per heavy atom. The standard InChI is InChI=1S/C16H13FN2O3S/c1-22-14-5-3-2-4-13(14)19-15(20)18(16(21)23-19)10-11-6-8-12(17)9-7-11/h2-9H,10H2,1H3. The first kappa shape index (κ1) is 15.2. The second-order valence-corrected chi connectivity index (χ2v) is 5.72. The largest absolute Gasteiger partial charge is 0.495 e. The van der Waals surface area contributed by atoms with Crippen molar-refractivity contribution in [3.63, 3.8) is 0 Å². The lowest BCUT2D eigenvalue weighted by Gasteiger charge is -2.06. The summed E-state index contributed by atoms with van der Waals surface area (Å²) >= 11 is 0.804. The smallest absolute Gasteiger partial charge is 0.346 e. The molecule has 0 atom stereocenters. The van der Waals surface area contributed by atoms with Crippen molar-refractivity contribution in [1.29, 1.82) is 0 Å². The van der Waals surface area contributed by atoms with Crippen LogP contribution in [0.5, 0.6) is 5.75 Å². The maximum atomic E-state index is 12.9. The Hall–Kier alpha value is -2.67. The fraction of sp³-hybridized carbons (Fsp3) is 0.125. The second kappa shape index (κ2) is 6.21. The SMILES string of the molecule is COc1ccccc1-n1sc(=O)n(Cc2ccc(F)cc2)c1=O. The molecule has 0 aliphatic carbocycles. The highest BCUT2D eigenvalue weighted by Crippen LogP contribution is 2.21. The molecule has 0 aliphatic heterocycles. The van der Waals surface area contributed by atoms with E-state index in [9.17, 15) is 14.0 Å². The number of ether oxygens (including phenoxy) is 1. The number of hydrogen-bond donors (Lipinski definition) is 0. The molecule has 1 heterocycles. The second-order valence-electron chi connectivity index (χ2n) is 4.82. The summed E-state index contributed by atoms with van der Waals surface area (Å²) in [5.41, 5.74) is 0.740. The lowest BCUT2D eigenvalue weighted by atomic mass is 10.2. The Balaban J connectivity index is 2.05. The third-order valence-electron chi connectivity index (χ3n) is 3.35. The van der Waals surface area contributed by atoms with Gasteiger partial charge in [0.2, 0.25) is 0 Å². The molecular formula is C16H13FN2O3S. The van der Waals surface area contributed by atoms with Crippen LogP contribution in [0.2, 0.25) is 0 Å².